The molecule has 0 aromatic carbocycles. The maximum Gasteiger partial charge on any atom is 0.317 e. The van der Waals surface area contributed by atoms with Gasteiger partial charge in [0.1, 0.15) is 11.0 Å². The van der Waals surface area contributed by atoms with E-state index in [1.165, 1.54) is 11.1 Å². The Bertz CT molecular complexity index is 1010. The Hall–Kier alpha value is -1.13. The van der Waals surface area contributed by atoms with Crippen LogP contribution in [0.25, 0.3) is 0 Å². The lowest BCUT2D eigenvalue weighted by atomic mass is 9.44. The fraction of sp³-hybridized carbons (Fsp3) is 0.833. The van der Waals surface area contributed by atoms with Gasteiger partial charge < -0.3 is 14.6 Å². The summed E-state index contributed by atoms with van der Waals surface area (Å²) in [7, 11) is 0. The Morgan fingerprint density at radius 2 is 1.65 bits per heavy atom. The van der Waals surface area contributed by atoms with Crippen LogP contribution in [-0.2, 0) is 14.3 Å². The molecule has 0 aromatic rings. The third-order valence-electron chi connectivity index (χ3n) is 12.1. The summed E-state index contributed by atoms with van der Waals surface area (Å²) in [5.74, 6) is 0.580. The van der Waals surface area contributed by atoms with Gasteiger partial charge in [0.05, 0.1) is 17.8 Å². The van der Waals surface area contributed by atoms with Crippen molar-refractivity contribution in [2.45, 2.75) is 123 Å². The SMILES string of the molecule is CC1(C)CC[C@@H]([C@]2(C)OC(=O)[C@]34C=CC5=C(CC[C@H]6C(C)(C)[C@@H](O)CC[C@]56C)[C@]3(C)CC[C@H]24)O1. The zero-order valence-corrected chi connectivity index (χ0v) is 22.3. The standard InChI is InChI=1S/C30H44O4/c1-25(2)14-13-23(33-25)29(7)21-11-16-28(6)19-8-9-20-26(3,4)22(31)12-15-27(20,5)18(19)10-17-30(21,28)24(32)34-29/h10,17,20-23,31H,8-9,11-16H2,1-7H3/t20-,21+,22-,23-,27+,28-,29+,30+/m0/s1. The highest BCUT2D eigenvalue weighted by Crippen LogP contribution is 2.74. The Morgan fingerprint density at radius 3 is 2.32 bits per heavy atom. The maximum atomic E-state index is 13.9. The second kappa shape index (κ2) is 6.59. The van der Waals surface area contributed by atoms with Crippen LogP contribution >= 0.6 is 0 Å². The van der Waals surface area contributed by atoms with E-state index >= 15 is 0 Å². The lowest BCUT2D eigenvalue weighted by Crippen LogP contribution is -2.55. The van der Waals surface area contributed by atoms with Gasteiger partial charge in [-0.2, -0.15) is 0 Å². The Morgan fingerprint density at radius 1 is 0.912 bits per heavy atom. The molecule has 0 bridgehead atoms. The summed E-state index contributed by atoms with van der Waals surface area (Å²) in [5, 5.41) is 10.8. The lowest BCUT2D eigenvalue weighted by Gasteiger charge is -2.59. The third-order valence-corrected chi connectivity index (χ3v) is 12.1. The van der Waals surface area contributed by atoms with E-state index in [0.29, 0.717) is 5.92 Å². The van der Waals surface area contributed by atoms with Crippen LogP contribution in [0, 0.1) is 33.5 Å². The van der Waals surface area contributed by atoms with E-state index in [2.05, 4.69) is 60.6 Å². The number of hydrogen-bond donors (Lipinski definition) is 1. The molecule has 8 atom stereocenters. The Balaban J connectivity index is 1.42. The Labute approximate surface area is 205 Å². The summed E-state index contributed by atoms with van der Waals surface area (Å²) >= 11 is 0. The first-order valence-electron chi connectivity index (χ1n) is 13.8. The van der Waals surface area contributed by atoms with Crippen LogP contribution in [0.15, 0.2) is 23.3 Å². The summed E-state index contributed by atoms with van der Waals surface area (Å²) in [6.07, 6.45) is 12.3. The van der Waals surface area contributed by atoms with Crippen molar-refractivity contribution in [1.29, 1.82) is 0 Å². The molecule has 2 saturated heterocycles. The molecule has 2 aliphatic heterocycles. The van der Waals surface area contributed by atoms with Crippen LogP contribution in [0.4, 0.5) is 0 Å². The van der Waals surface area contributed by atoms with E-state index in [1.807, 2.05) is 0 Å². The number of carbonyl (C=O) groups is 1. The van der Waals surface area contributed by atoms with E-state index in [0.717, 1.165) is 51.4 Å². The highest BCUT2D eigenvalue weighted by molar-refractivity contribution is 5.86. The van der Waals surface area contributed by atoms with Gasteiger partial charge >= 0.3 is 5.97 Å². The second-order valence-corrected chi connectivity index (χ2v) is 14.4. The molecule has 2 saturated carbocycles. The van der Waals surface area contributed by atoms with Crippen molar-refractivity contribution in [2.75, 3.05) is 0 Å². The van der Waals surface area contributed by atoms with Gasteiger partial charge in [-0.3, -0.25) is 4.79 Å². The molecule has 6 rings (SSSR count). The number of esters is 1. The van der Waals surface area contributed by atoms with Crippen molar-refractivity contribution < 1.29 is 19.4 Å². The van der Waals surface area contributed by atoms with Gasteiger partial charge in [0.15, 0.2) is 0 Å². The quantitative estimate of drug-likeness (QED) is 0.471. The summed E-state index contributed by atoms with van der Waals surface area (Å²) in [4.78, 5) is 13.9. The largest absolute Gasteiger partial charge is 0.456 e. The molecule has 4 heteroatoms. The zero-order chi connectivity index (χ0) is 24.5. The minimum atomic E-state index is -0.580. The Kier molecular flexibility index (Phi) is 4.51. The monoisotopic (exact) mass is 468 g/mol. The minimum Gasteiger partial charge on any atom is -0.456 e. The summed E-state index contributed by atoms with van der Waals surface area (Å²) < 4.78 is 12.9. The highest BCUT2D eigenvalue weighted by Gasteiger charge is 2.76. The van der Waals surface area contributed by atoms with Gasteiger partial charge in [0.25, 0.3) is 0 Å². The summed E-state index contributed by atoms with van der Waals surface area (Å²) in [5.41, 5.74) is 1.45. The normalized spacial score (nSPS) is 52.6. The van der Waals surface area contributed by atoms with Crippen LogP contribution < -0.4 is 0 Å². The van der Waals surface area contributed by atoms with Gasteiger partial charge in [0, 0.05) is 11.3 Å². The van der Waals surface area contributed by atoms with Crippen LogP contribution in [0.2, 0.25) is 0 Å². The van der Waals surface area contributed by atoms with Crippen molar-refractivity contribution in [2.24, 2.45) is 33.5 Å². The predicted octanol–water partition coefficient (Wildman–Crippen LogP) is 6.13. The van der Waals surface area contributed by atoms with Crippen LogP contribution in [0.5, 0.6) is 0 Å². The summed E-state index contributed by atoms with van der Waals surface area (Å²) in [6, 6.07) is 0. The molecule has 188 valence electrons. The molecule has 34 heavy (non-hydrogen) atoms. The number of aliphatic hydroxyl groups is 1. The summed E-state index contributed by atoms with van der Waals surface area (Å²) in [6.45, 7) is 15.8. The molecule has 6 aliphatic rings. The number of fused-ring (bicyclic) bond motifs is 3. The smallest absolute Gasteiger partial charge is 0.317 e. The van der Waals surface area contributed by atoms with E-state index in [9.17, 15) is 9.90 Å². The topological polar surface area (TPSA) is 55.8 Å². The highest BCUT2D eigenvalue weighted by atomic mass is 16.6. The maximum absolute atomic E-state index is 13.9. The molecule has 1 N–H and O–H groups in total. The third kappa shape index (κ3) is 2.50. The molecular weight excluding hydrogens is 424 g/mol. The molecule has 0 unspecified atom stereocenters. The number of hydrogen-bond acceptors (Lipinski definition) is 4. The average Bonchev–Trinajstić information content (AvgIpc) is 3.35. The molecule has 2 heterocycles. The predicted molar refractivity (Wildman–Crippen MR) is 132 cm³/mol. The fourth-order valence-corrected chi connectivity index (χ4v) is 10.1. The lowest BCUT2D eigenvalue weighted by molar-refractivity contribution is -0.171. The number of cyclic esters (lactones) is 1. The number of rotatable bonds is 1. The van der Waals surface area contributed by atoms with E-state index in [4.69, 9.17) is 9.47 Å². The molecule has 0 radical (unpaired) electrons. The first kappa shape index (κ1) is 23.3. The van der Waals surface area contributed by atoms with Gasteiger partial charge in [0.2, 0.25) is 0 Å². The molecule has 1 spiro atoms. The first-order chi connectivity index (χ1) is 15.7. The van der Waals surface area contributed by atoms with Gasteiger partial charge in [-0.1, -0.05) is 45.4 Å². The minimum absolute atomic E-state index is 0.0252. The van der Waals surface area contributed by atoms with Crippen LogP contribution in [0.1, 0.15) is 99.8 Å². The van der Waals surface area contributed by atoms with Crippen LogP contribution in [-0.4, -0.2) is 34.5 Å². The number of ether oxygens (including phenoxy) is 2. The van der Waals surface area contributed by atoms with Crippen molar-refractivity contribution in [3.8, 4) is 0 Å². The van der Waals surface area contributed by atoms with Gasteiger partial charge in [-0.05, 0) is 94.5 Å². The van der Waals surface area contributed by atoms with Gasteiger partial charge in [-0.15, -0.1) is 0 Å². The first-order valence-corrected chi connectivity index (χ1v) is 13.8. The molecule has 0 aromatic heterocycles. The van der Waals surface area contributed by atoms with Crippen molar-refractivity contribution in [1.82, 2.24) is 0 Å². The molecule has 0 amide bonds. The fourth-order valence-electron chi connectivity index (χ4n) is 10.1. The number of carbonyl (C=O) groups excluding carboxylic acids is 1. The van der Waals surface area contributed by atoms with Crippen LogP contribution in [0.3, 0.4) is 0 Å². The second-order valence-electron chi connectivity index (χ2n) is 14.4. The molecule has 4 nitrogen and oxygen atoms in total. The van der Waals surface area contributed by atoms with Gasteiger partial charge in [-0.25, -0.2) is 0 Å². The molecule has 4 fully saturated rings. The number of allylic oxidation sites excluding steroid dienone is 3. The van der Waals surface area contributed by atoms with E-state index < -0.39 is 11.0 Å². The van der Waals surface area contributed by atoms with Crippen molar-refractivity contribution >= 4 is 5.97 Å². The van der Waals surface area contributed by atoms with Crippen molar-refractivity contribution in [3.05, 3.63) is 23.3 Å². The average molecular weight is 469 g/mol. The van der Waals surface area contributed by atoms with Crippen molar-refractivity contribution in [3.63, 3.8) is 0 Å². The van der Waals surface area contributed by atoms with E-state index in [1.54, 1.807) is 0 Å². The zero-order valence-electron chi connectivity index (χ0n) is 22.3. The number of aliphatic hydroxyl groups excluding tert-OH is 1. The molecular formula is C30H44O4. The van der Waals surface area contributed by atoms with E-state index in [-0.39, 0.29) is 45.9 Å². The molecule has 4 aliphatic carbocycles.